The van der Waals surface area contributed by atoms with Crippen molar-refractivity contribution < 1.29 is 0 Å². The van der Waals surface area contributed by atoms with Crippen LogP contribution in [0, 0.1) is 6.92 Å². The molecular formula is C16H29BrN4. The van der Waals surface area contributed by atoms with Crippen LogP contribution >= 0.6 is 15.9 Å². The highest BCUT2D eigenvalue weighted by Crippen LogP contribution is 2.32. The van der Waals surface area contributed by atoms with E-state index in [1.165, 1.54) is 0 Å². The number of aryl methyl sites for hydroxylation is 1. The molecule has 0 bridgehead atoms. The van der Waals surface area contributed by atoms with Crippen molar-refractivity contribution in [3.05, 3.63) is 11.8 Å². The van der Waals surface area contributed by atoms with Crippen LogP contribution in [-0.2, 0) is 0 Å². The summed E-state index contributed by atoms with van der Waals surface area (Å²) in [6.45, 7) is 8.61. The fourth-order valence-corrected chi connectivity index (χ4v) is 3.11. The first kappa shape index (κ1) is 18.1. The third-order valence-corrected chi connectivity index (χ3v) is 4.72. The van der Waals surface area contributed by atoms with Crippen molar-refractivity contribution in [2.24, 2.45) is 0 Å². The van der Waals surface area contributed by atoms with Crippen molar-refractivity contribution in [3.63, 3.8) is 0 Å². The first-order valence-electron chi connectivity index (χ1n) is 7.83. The molecule has 1 unspecified atom stereocenters. The zero-order valence-electron chi connectivity index (χ0n) is 13.7. The van der Waals surface area contributed by atoms with Crippen LogP contribution in [0.4, 0.5) is 17.2 Å². The van der Waals surface area contributed by atoms with Gasteiger partial charge in [0.1, 0.15) is 0 Å². The molecule has 0 aliphatic carbocycles. The number of rotatable bonds is 8. The monoisotopic (exact) mass is 356 g/mol. The van der Waals surface area contributed by atoms with E-state index in [0.717, 1.165) is 42.5 Å². The van der Waals surface area contributed by atoms with Crippen LogP contribution in [-0.4, -0.2) is 22.4 Å². The molecule has 0 spiro atoms. The fourth-order valence-electron chi connectivity index (χ4n) is 2.79. The number of halogens is 1. The second kappa shape index (κ2) is 8.47. The maximum atomic E-state index is 6.23. The summed E-state index contributed by atoms with van der Waals surface area (Å²) >= 11 is 3.60. The highest BCUT2D eigenvalue weighted by atomic mass is 79.9. The lowest BCUT2D eigenvalue weighted by atomic mass is 10.0. The Balaban J connectivity index is 3.30. The second-order valence-electron chi connectivity index (χ2n) is 5.73. The number of nitrogens with two attached hydrogens (primary N) is 2. The summed E-state index contributed by atoms with van der Waals surface area (Å²) in [6.07, 6.45) is 4.58. The van der Waals surface area contributed by atoms with Gasteiger partial charge in [0.2, 0.25) is 0 Å². The molecule has 1 aromatic heterocycles. The molecule has 0 radical (unpaired) electrons. The summed E-state index contributed by atoms with van der Waals surface area (Å²) in [5.74, 6) is 0.839. The number of anilines is 3. The molecule has 21 heavy (non-hydrogen) atoms. The van der Waals surface area contributed by atoms with E-state index in [-0.39, 0.29) is 0 Å². The zero-order chi connectivity index (χ0) is 16.0. The molecule has 1 heterocycles. The molecule has 5 heteroatoms. The summed E-state index contributed by atoms with van der Waals surface area (Å²) < 4.78 is 0. The Morgan fingerprint density at radius 1 is 1.24 bits per heavy atom. The van der Waals surface area contributed by atoms with Crippen LogP contribution < -0.4 is 16.4 Å². The molecule has 1 rings (SSSR count). The Hall–Kier alpha value is -0.970. The van der Waals surface area contributed by atoms with E-state index in [4.69, 9.17) is 11.5 Å². The van der Waals surface area contributed by atoms with Crippen LogP contribution in [0.3, 0.4) is 0 Å². The molecular weight excluding hydrogens is 328 g/mol. The van der Waals surface area contributed by atoms with E-state index in [1.54, 1.807) is 0 Å². The minimum atomic E-state index is 0.323. The average molecular weight is 357 g/mol. The first-order valence-corrected chi connectivity index (χ1v) is 8.95. The number of aromatic nitrogens is 1. The number of nitrogen functional groups attached to an aromatic ring is 2. The number of hydrogen-bond donors (Lipinski definition) is 2. The predicted molar refractivity (Wildman–Crippen MR) is 97.1 cm³/mol. The topological polar surface area (TPSA) is 68.2 Å². The summed E-state index contributed by atoms with van der Waals surface area (Å²) in [7, 11) is 0. The van der Waals surface area contributed by atoms with E-state index in [0.29, 0.717) is 23.5 Å². The molecule has 4 nitrogen and oxygen atoms in total. The SMILES string of the molecule is CCCC(CCC)N(c1nc(C)cc(N)c1N)C(C)CBr. The third-order valence-electron chi connectivity index (χ3n) is 3.78. The molecule has 1 aromatic rings. The molecule has 0 fully saturated rings. The van der Waals surface area contributed by atoms with Gasteiger partial charge < -0.3 is 16.4 Å². The first-order chi connectivity index (χ1) is 9.96. The van der Waals surface area contributed by atoms with E-state index in [9.17, 15) is 0 Å². The van der Waals surface area contributed by atoms with Crippen molar-refractivity contribution >= 4 is 33.1 Å². The van der Waals surface area contributed by atoms with Crippen molar-refractivity contribution in [1.29, 1.82) is 0 Å². The molecule has 0 saturated heterocycles. The van der Waals surface area contributed by atoms with Gasteiger partial charge in [-0.1, -0.05) is 42.6 Å². The molecule has 1 atom stereocenters. The number of alkyl halides is 1. The largest absolute Gasteiger partial charge is 0.397 e. The fraction of sp³-hybridized carbons (Fsp3) is 0.688. The van der Waals surface area contributed by atoms with Gasteiger partial charge in [-0.15, -0.1) is 0 Å². The van der Waals surface area contributed by atoms with Gasteiger partial charge in [-0.3, -0.25) is 0 Å². The number of pyridine rings is 1. The Bertz CT molecular complexity index is 444. The predicted octanol–water partition coefficient (Wildman–Crippen LogP) is 4.11. The van der Waals surface area contributed by atoms with Gasteiger partial charge in [-0.2, -0.15) is 0 Å². The molecule has 0 aliphatic heterocycles. The van der Waals surface area contributed by atoms with Gasteiger partial charge in [0.25, 0.3) is 0 Å². The Labute approximate surface area is 137 Å². The van der Waals surface area contributed by atoms with Gasteiger partial charge in [0.05, 0.1) is 11.4 Å². The van der Waals surface area contributed by atoms with Gasteiger partial charge in [0, 0.05) is 23.1 Å². The zero-order valence-corrected chi connectivity index (χ0v) is 15.3. The Morgan fingerprint density at radius 2 is 1.81 bits per heavy atom. The number of nitrogens with zero attached hydrogens (tertiary/aromatic N) is 2. The van der Waals surface area contributed by atoms with Crippen molar-refractivity contribution in [3.8, 4) is 0 Å². The van der Waals surface area contributed by atoms with E-state index in [1.807, 2.05) is 13.0 Å². The normalized spacial score (nSPS) is 12.7. The lowest BCUT2D eigenvalue weighted by Gasteiger charge is -2.38. The van der Waals surface area contributed by atoms with Crippen LogP contribution in [0.15, 0.2) is 6.07 Å². The summed E-state index contributed by atoms with van der Waals surface area (Å²) in [4.78, 5) is 7.05. The highest BCUT2D eigenvalue weighted by Gasteiger charge is 2.26. The van der Waals surface area contributed by atoms with Gasteiger partial charge >= 0.3 is 0 Å². The van der Waals surface area contributed by atoms with Gasteiger partial charge in [-0.05, 0) is 32.8 Å². The molecule has 0 aliphatic rings. The third kappa shape index (κ3) is 4.50. The number of hydrogen-bond acceptors (Lipinski definition) is 4. The second-order valence-corrected chi connectivity index (χ2v) is 6.38. The van der Waals surface area contributed by atoms with Gasteiger partial charge in [-0.25, -0.2) is 4.98 Å². The van der Waals surface area contributed by atoms with Crippen LogP contribution in [0.2, 0.25) is 0 Å². The summed E-state index contributed by atoms with van der Waals surface area (Å²) in [5.41, 5.74) is 14.4. The van der Waals surface area contributed by atoms with Crippen molar-refractivity contribution in [1.82, 2.24) is 4.98 Å². The van der Waals surface area contributed by atoms with Crippen molar-refractivity contribution in [2.45, 2.75) is 65.5 Å². The quantitative estimate of drug-likeness (QED) is 0.687. The molecule has 120 valence electrons. The van der Waals surface area contributed by atoms with E-state index >= 15 is 0 Å². The Morgan fingerprint density at radius 3 is 2.29 bits per heavy atom. The van der Waals surface area contributed by atoms with Crippen LogP contribution in [0.25, 0.3) is 0 Å². The average Bonchev–Trinajstić information content (AvgIpc) is 2.44. The van der Waals surface area contributed by atoms with Crippen LogP contribution in [0.1, 0.15) is 52.1 Å². The van der Waals surface area contributed by atoms with Crippen molar-refractivity contribution in [2.75, 3.05) is 21.7 Å². The lowest BCUT2D eigenvalue weighted by Crippen LogP contribution is -2.44. The standard InChI is InChI=1S/C16H29BrN4/c1-5-7-13(8-6-2)21(12(4)10-17)16-15(19)14(18)9-11(3)20-16/h9,12-13H,5-8,10,19H2,1-4H3,(H2,18,20). The Kier molecular flexibility index (Phi) is 7.29. The minimum absolute atomic E-state index is 0.323. The highest BCUT2D eigenvalue weighted by molar-refractivity contribution is 9.09. The maximum Gasteiger partial charge on any atom is 0.154 e. The minimum Gasteiger partial charge on any atom is -0.397 e. The smallest absolute Gasteiger partial charge is 0.154 e. The molecule has 0 saturated carbocycles. The van der Waals surface area contributed by atoms with Crippen LogP contribution in [0.5, 0.6) is 0 Å². The maximum absolute atomic E-state index is 6.23. The van der Waals surface area contributed by atoms with Gasteiger partial charge in [0.15, 0.2) is 5.82 Å². The molecule has 4 N–H and O–H groups in total. The summed E-state index contributed by atoms with van der Waals surface area (Å²) in [5, 5.41) is 0.881. The van der Waals surface area contributed by atoms with E-state index < -0.39 is 0 Å². The molecule has 0 amide bonds. The van der Waals surface area contributed by atoms with E-state index in [2.05, 4.69) is 46.6 Å². The lowest BCUT2D eigenvalue weighted by molar-refractivity contribution is 0.474. The summed E-state index contributed by atoms with van der Waals surface area (Å²) in [6, 6.07) is 2.61. The molecule has 0 aromatic carbocycles.